The van der Waals surface area contributed by atoms with E-state index in [1.165, 1.54) is 0 Å². The molecule has 0 radical (unpaired) electrons. The van der Waals surface area contributed by atoms with Crippen molar-refractivity contribution in [3.63, 3.8) is 0 Å². The van der Waals surface area contributed by atoms with Crippen molar-refractivity contribution in [3.05, 3.63) is 0 Å². The Kier molecular flexibility index (Phi) is 9.81. The topological polar surface area (TPSA) is 94.8 Å². The van der Waals surface area contributed by atoms with Gasteiger partial charge in [0.15, 0.2) is 0 Å². The lowest BCUT2D eigenvalue weighted by Gasteiger charge is -2.32. The Morgan fingerprint density at radius 1 is 1.07 bits per heavy atom. The van der Waals surface area contributed by atoms with Crippen LogP contribution in [0.2, 0.25) is 0 Å². The van der Waals surface area contributed by atoms with Gasteiger partial charge in [0.25, 0.3) is 5.92 Å². The zero-order chi connectivity index (χ0) is 20.5. The monoisotopic (exact) mass is 392 g/mol. The lowest BCUT2D eigenvalue weighted by atomic mass is 9.84. The molecule has 27 heavy (non-hydrogen) atoms. The van der Waals surface area contributed by atoms with Crippen LogP contribution in [0.3, 0.4) is 0 Å². The van der Waals surface area contributed by atoms with Crippen LogP contribution in [0, 0.1) is 11.8 Å². The average Bonchev–Trinajstić information content (AvgIpc) is 2.94. The minimum atomic E-state index is -3.55. The SMILES string of the molecule is CCCCC(F)(F)C(O)(O)CCC1CCC(=O)C1CCCCCCC(=O)O. The van der Waals surface area contributed by atoms with E-state index in [1.54, 1.807) is 6.92 Å². The van der Waals surface area contributed by atoms with E-state index < -0.39 is 30.5 Å². The number of carboxylic acids is 1. The van der Waals surface area contributed by atoms with Crippen LogP contribution in [0.15, 0.2) is 0 Å². The molecule has 0 amide bonds. The smallest absolute Gasteiger partial charge is 0.303 e. The molecule has 0 spiro atoms. The minimum absolute atomic E-state index is 0.0860. The fourth-order valence-electron chi connectivity index (χ4n) is 3.88. The first kappa shape index (κ1) is 24.0. The van der Waals surface area contributed by atoms with E-state index >= 15 is 0 Å². The Labute approximate surface area is 160 Å². The van der Waals surface area contributed by atoms with E-state index in [-0.39, 0.29) is 36.9 Å². The molecular weight excluding hydrogens is 358 g/mol. The maximum absolute atomic E-state index is 14.0. The van der Waals surface area contributed by atoms with Crippen molar-refractivity contribution < 1.29 is 33.7 Å². The predicted octanol–water partition coefficient (Wildman–Crippen LogP) is 4.29. The molecule has 1 aliphatic rings. The number of carbonyl (C=O) groups excluding carboxylic acids is 1. The molecule has 0 heterocycles. The van der Waals surface area contributed by atoms with Gasteiger partial charge >= 0.3 is 5.97 Å². The molecule has 7 heteroatoms. The van der Waals surface area contributed by atoms with Crippen LogP contribution in [0.1, 0.15) is 90.4 Å². The molecule has 5 nitrogen and oxygen atoms in total. The predicted molar refractivity (Wildman–Crippen MR) is 97.4 cm³/mol. The van der Waals surface area contributed by atoms with Crippen molar-refractivity contribution in [2.45, 2.75) is 102 Å². The maximum Gasteiger partial charge on any atom is 0.303 e. The van der Waals surface area contributed by atoms with Gasteiger partial charge in [-0.2, -0.15) is 0 Å². The number of carboxylic acid groups (broad SMARTS) is 1. The molecule has 0 aromatic carbocycles. The van der Waals surface area contributed by atoms with Crippen molar-refractivity contribution in [2.24, 2.45) is 11.8 Å². The number of alkyl halides is 2. The summed E-state index contributed by atoms with van der Waals surface area (Å²) in [6.07, 6.45) is 4.86. The summed E-state index contributed by atoms with van der Waals surface area (Å²) in [6, 6.07) is 0. The second-order valence-corrected chi connectivity index (χ2v) is 7.88. The summed E-state index contributed by atoms with van der Waals surface area (Å²) >= 11 is 0. The molecule has 158 valence electrons. The Hall–Kier alpha value is -1.08. The quantitative estimate of drug-likeness (QED) is 0.303. The summed E-state index contributed by atoms with van der Waals surface area (Å²) in [5.74, 6) is -7.56. The largest absolute Gasteiger partial charge is 0.481 e. The van der Waals surface area contributed by atoms with Crippen molar-refractivity contribution in [2.75, 3.05) is 0 Å². The number of hydrogen-bond donors (Lipinski definition) is 3. The van der Waals surface area contributed by atoms with E-state index in [4.69, 9.17) is 5.11 Å². The highest BCUT2D eigenvalue weighted by Gasteiger charge is 2.51. The number of aliphatic hydroxyl groups is 2. The van der Waals surface area contributed by atoms with Crippen molar-refractivity contribution >= 4 is 11.8 Å². The van der Waals surface area contributed by atoms with Crippen LogP contribution < -0.4 is 0 Å². The molecule has 1 aliphatic carbocycles. The number of carbonyl (C=O) groups is 2. The Balaban J connectivity index is 2.44. The molecule has 1 rings (SSSR count). The molecule has 0 bridgehead atoms. The average molecular weight is 392 g/mol. The standard InChI is InChI=1S/C20H34F2O5/c1-2-3-13-19(21,22)20(26,27)14-12-15-10-11-17(23)16(15)8-6-4-5-7-9-18(24)25/h15-16,26-27H,2-14H2,1H3,(H,24,25). The summed E-state index contributed by atoms with van der Waals surface area (Å²) in [6.45, 7) is 1.77. The molecule has 0 saturated heterocycles. The lowest BCUT2D eigenvalue weighted by Crippen LogP contribution is -2.48. The van der Waals surface area contributed by atoms with E-state index in [0.29, 0.717) is 32.1 Å². The molecule has 3 N–H and O–H groups in total. The second-order valence-electron chi connectivity index (χ2n) is 7.88. The van der Waals surface area contributed by atoms with E-state index in [0.717, 1.165) is 19.3 Å². The number of Topliss-reactive ketones (excluding diaryl/α,β-unsaturated/α-hetero) is 1. The molecule has 1 fully saturated rings. The first-order chi connectivity index (χ1) is 12.6. The van der Waals surface area contributed by atoms with Crippen LogP contribution in [0.5, 0.6) is 0 Å². The van der Waals surface area contributed by atoms with Gasteiger partial charge in [-0.15, -0.1) is 0 Å². The third-order valence-corrected chi connectivity index (χ3v) is 5.69. The summed E-state index contributed by atoms with van der Waals surface area (Å²) < 4.78 is 28.0. The fraction of sp³-hybridized carbons (Fsp3) is 0.900. The van der Waals surface area contributed by atoms with Gasteiger partial charge in [0.05, 0.1) is 0 Å². The third-order valence-electron chi connectivity index (χ3n) is 5.69. The number of aliphatic carboxylic acids is 1. The fourth-order valence-corrected chi connectivity index (χ4v) is 3.88. The van der Waals surface area contributed by atoms with Gasteiger partial charge in [-0.3, -0.25) is 9.59 Å². The molecular formula is C20H34F2O5. The Morgan fingerprint density at radius 3 is 2.37 bits per heavy atom. The number of rotatable bonds is 14. The number of halogens is 2. The van der Waals surface area contributed by atoms with Gasteiger partial charge in [0.2, 0.25) is 5.79 Å². The van der Waals surface area contributed by atoms with Gasteiger partial charge in [0, 0.05) is 31.6 Å². The van der Waals surface area contributed by atoms with Crippen LogP contribution in [-0.4, -0.2) is 38.8 Å². The first-order valence-corrected chi connectivity index (χ1v) is 10.2. The van der Waals surface area contributed by atoms with Crippen molar-refractivity contribution in [1.29, 1.82) is 0 Å². The molecule has 0 aromatic rings. The molecule has 0 aliphatic heterocycles. The van der Waals surface area contributed by atoms with Gasteiger partial charge in [0.1, 0.15) is 5.78 Å². The summed E-state index contributed by atoms with van der Waals surface area (Å²) in [4.78, 5) is 22.6. The second kappa shape index (κ2) is 11.1. The maximum atomic E-state index is 14.0. The number of ketones is 1. The van der Waals surface area contributed by atoms with Gasteiger partial charge < -0.3 is 15.3 Å². The number of unbranched alkanes of at least 4 members (excludes halogenated alkanes) is 4. The third kappa shape index (κ3) is 7.82. The highest BCUT2D eigenvalue weighted by atomic mass is 19.3. The Morgan fingerprint density at radius 2 is 1.74 bits per heavy atom. The summed E-state index contributed by atoms with van der Waals surface area (Å²) in [5, 5.41) is 28.3. The zero-order valence-electron chi connectivity index (χ0n) is 16.3. The first-order valence-electron chi connectivity index (χ1n) is 10.2. The normalized spacial score (nSPS) is 21.0. The van der Waals surface area contributed by atoms with Crippen LogP contribution >= 0.6 is 0 Å². The summed E-state index contributed by atoms with van der Waals surface area (Å²) in [5.41, 5.74) is 0. The molecule has 1 saturated carbocycles. The van der Waals surface area contributed by atoms with E-state index in [1.807, 2.05) is 0 Å². The Bertz CT molecular complexity index is 479. The van der Waals surface area contributed by atoms with Crippen molar-refractivity contribution in [1.82, 2.24) is 0 Å². The molecule has 2 atom stereocenters. The van der Waals surface area contributed by atoms with Crippen LogP contribution in [0.4, 0.5) is 8.78 Å². The highest BCUT2D eigenvalue weighted by molar-refractivity contribution is 5.83. The summed E-state index contributed by atoms with van der Waals surface area (Å²) in [7, 11) is 0. The van der Waals surface area contributed by atoms with E-state index in [2.05, 4.69) is 0 Å². The van der Waals surface area contributed by atoms with Crippen molar-refractivity contribution in [3.8, 4) is 0 Å². The minimum Gasteiger partial charge on any atom is -0.481 e. The zero-order valence-corrected chi connectivity index (χ0v) is 16.3. The number of hydrogen-bond acceptors (Lipinski definition) is 4. The van der Waals surface area contributed by atoms with Gasteiger partial charge in [-0.05, 0) is 38.0 Å². The molecule has 2 unspecified atom stereocenters. The van der Waals surface area contributed by atoms with Crippen LogP contribution in [0.25, 0.3) is 0 Å². The van der Waals surface area contributed by atoms with Crippen LogP contribution in [-0.2, 0) is 9.59 Å². The lowest BCUT2D eigenvalue weighted by molar-refractivity contribution is -0.302. The van der Waals surface area contributed by atoms with Gasteiger partial charge in [-0.1, -0.05) is 32.6 Å². The molecule has 0 aromatic heterocycles. The van der Waals surface area contributed by atoms with E-state index in [9.17, 15) is 28.6 Å². The van der Waals surface area contributed by atoms with Gasteiger partial charge in [-0.25, -0.2) is 8.78 Å². The highest BCUT2D eigenvalue weighted by Crippen LogP contribution is 2.40.